The molecule has 452 valence electrons. The maximum absolute atomic E-state index is 12.7. The molecule has 1 unspecified atom stereocenters. The van der Waals surface area contributed by atoms with Crippen LogP contribution in [0.3, 0.4) is 0 Å². The van der Waals surface area contributed by atoms with Crippen molar-refractivity contribution in [1.29, 1.82) is 0 Å². The Morgan fingerprint density at radius 2 is 1.04 bits per heavy atom. The molecule has 30 atom stereocenters. The van der Waals surface area contributed by atoms with E-state index in [-0.39, 0.29) is 40.9 Å². The van der Waals surface area contributed by atoms with Gasteiger partial charge in [-0.25, -0.2) is 0 Å². The van der Waals surface area contributed by atoms with E-state index in [1.54, 1.807) is 13.8 Å². The first-order chi connectivity index (χ1) is 36.5. The van der Waals surface area contributed by atoms with Crippen molar-refractivity contribution in [3.05, 3.63) is 11.6 Å². The maximum atomic E-state index is 12.7. The van der Waals surface area contributed by atoms with Crippen LogP contribution in [0.5, 0.6) is 0 Å². The van der Waals surface area contributed by atoms with Gasteiger partial charge in [-0.1, -0.05) is 53.2 Å². The molecule has 0 spiro atoms. The van der Waals surface area contributed by atoms with Gasteiger partial charge in [0.2, 0.25) is 0 Å². The quantitative estimate of drug-likeness (QED) is 0.0637. The van der Waals surface area contributed by atoms with Crippen LogP contribution in [0.1, 0.15) is 107 Å². The summed E-state index contributed by atoms with van der Waals surface area (Å²) in [5.41, 5.74) is -2.12. The Balaban J connectivity index is 0.942. The fourth-order valence-electron chi connectivity index (χ4n) is 15.7. The summed E-state index contributed by atoms with van der Waals surface area (Å²) in [5, 5.41) is 172. The van der Waals surface area contributed by atoms with E-state index < -0.39 is 184 Å². The summed E-state index contributed by atoms with van der Waals surface area (Å²) in [5.74, 6) is 0.236. The van der Waals surface area contributed by atoms with Crippen molar-refractivity contribution < 1.29 is 120 Å². The number of rotatable bonds is 17. The molecule has 0 aromatic heterocycles. The lowest BCUT2D eigenvalue weighted by atomic mass is 9.38. The fourth-order valence-corrected chi connectivity index (χ4v) is 15.7. The number of hydrogen-bond acceptors (Lipinski definition) is 24. The second kappa shape index (κ2) is 23.7. The van der Waals surface area contributed by atoms with E-state index >= 15 is 0 Å². The topological polar surface area (TPSA) is 398 Å². The van der Waals surface area contributed by atoms with Gasteiger partial charge in [0.15, 0.2) is 25.2 Å². The number of aliphatic hydroxyl groups is 16. The molecule has 0 aromatic rings. The molecule has 24 heteroatoms. The molecule has 78 heavy (non-hydrogen) atoms. The van der Waals surface area contributed by atoms with Crippen molar-refractivity contribution in [1.82, 2.24) is 0 Å². The zero-order chi connectivity index (χ0) is 57.5. The third kappa shape index (κ3) is 10.8. The molecule has 4 heterocycles. The summed E-state index contributed by atoms with van der Waals surface area (Å²) in [4.78, 5) is 0. The average Bonchev–Trinajstić information content (AvgIpc) is 3.07. The van der Waals surface area contributed by atoms with Crippen LogP contribution in [0, 0.1) is 45.3 Å². The molecule has 24 nitrogen and oxygen atoms in total. The summed E-state index contributed by atoms with van der Waals surface area (Å²) >= 11 is 0. The minimum Gasteiger partial charge on any atom is -0.394 e. The zero-order valence-electron chi connectivity index (χ0n) is 46.1. The van der Waals surface area contributed by atoms with Gasteiger partial charge in [-0.15, -0.1) is 0 Å². The molecule has 0 bridgehead atoms. The summed E-state index contributed by atoms with van der Waals surface area (Å²) in [6.07, 6.45) is -27.1. The van der Waals surface area contributed by atoms with Crippen LogP contribution in [0.4, 0.5) is 0 Å². The van der Waals surface area contributed by atoms with Crippen molar-refractivity contribution >= 4 is 0 Å². The largest absolute Gasteiger partial charge is 0.394 e. The average molecular weight is 1130 g/mol. The number of allylic oxidation sites excluding steroid dienone is 1. The van der Waals surface area contributed by atoms with Gasteiger partial charge in [0.25, 0.3) is 0 Å². The van der Waals surface area contributed by atoms with E-state index in [0.717, 1.165) is 18.4 Å². The SMILES string of the molecule is C[C@H](CC[C@@H](O[C@@H]1O[C@H](CO)[C@@H](O)[C@H](O)[C@H]1O[C@@H]1O[C@H](CO)[C@@H](O)[C@H](O)[C@H]1O)C(C)(C)O)[C@H]1CC[C@@]2(C)[C@@H]3CC=C4C(CC[C@H](O[C@@H]5O[C@H](CO)[C@@H](O[C@@H]6O[C@H](CO)[C@@H](O)[C@H](O)[C@H]6O)[C@H](O)[C@H]5O)C4(C)C)[C@]3(C)[C@H](O)C[C@]12C. The smallest absolute Gasteiger partial charge is 0.187 e. The van der Waals surface area contributed by atoms with E-state index in [1.165, 1.54) is 0 Å². The third-order valence-corrected chi connectivity index (χ3v) is 20.8. The molecular weight excluding hydrogens is 1030 g/mol. The first-order valence-corrected chi connectivity index (χ1v) is 28.0. The van der Waals surface area contributed by atoms with Crippen molar-refractivity contribution in [2.75, 3.05) is 26.4 Å². The molecule has 7 fully saturated rings. The Bertz CT molecular complexity index is 2020. The highest BCUT2D eigenvalue weighted by atomic mass is 16.8. The van der Waals surface area contributed by atoms with E-state index in [2.05, 4.69) is 47.6 Å². The fraction of sp³-hybridized carbons (Fsp3) is 0.963. The van der Waals surface area contributed by atoms with Gasteiger partial charge in [0, 0.05) is 10.8 Å². The summed E-state index contributed by atoms with van der Waals surface area (Å²) in [6.45, 7) is 13.4. The van der Waals surface area contributed by atoms with Crippen LogP contribution in [-0.4, -0.2) is 255 Å². The van der Waals surface area contributed by atoms with Crippen molar-refractivity contribution in [3.63, 3.8) is 0 Å². The van der Waals surface area contributed by atoms with Crippen LogP contribution >= 0.6 is 0 Å². The molecule has 8 aliphatic rings. The summed E-state index contributed by atoms with van der Waals surface area (Å²) in [6, 6.07) is 0. The number of ether oxygens (including phenoxy) is 8. The minimum atomic E-state index is -1.85. The van der Waals surface area contributed by atoms with Crippen LogP contribution in [0.15, 0.2) is 11.6 Å². The second-order valence-corrected chi connectivity index (χ2v) is 25.8. The van der Waals surface area contributed by atoms with Crippen molar-refractivity contribution in [2.24, 2.45) is 45.3 Å². The van der Waals surface area contributed by atoms with Gasteiger partial charge < -0.3 is 120 Å². The molecule has 3 saturated carbocycles. The number of fused-ring (bicyclic) bond motifs is 5. The van der Waals surface area contributed by atoms with E-state index in [9.17, 15) is 81.7 Å². The molecule has 0 amide bonds. The summed E-state index contributed by atoms with van der Waals surface area (Å²) < 4.78 is 47.6. The number of aliphatic hydroxyl groups excluding tert-OH is 15. The first kappa shape index (κ1) is 62.8. The lowest BCUT2D eigenvalue weighted by molar-refractivity contribution is -0.375. The molecular formula is C54H92O24. The highest BCUT2D eigenvalue weighted by Gasteiger charge is 2.70. The van der Waals surface area contributed by atoms with Gasteiger partial charge in [0.05, 0.1) is 50.3 Å². The van der Waals surface area contributed by atoms with Crippen LogP contribution in [0.2, 0.25) is 0 Å². The minimum absolute atomic E-state index is 0.0338. The molecule has 8 rings (SSSR count). The predicted molar refractivity (Wildman–Crippen MR) is 268 cm³/mol. The molecule has 4 aliphatic heterocycles. The van der Waals surface area contributed by atoms with E-state index in [4.69, 9.17) is 37.9 Å². The Kier molecular flexibility index (Phi) is 19.1. The highest BCUT2D eigenvalue weighted by Crippen LogP contribution is 2.75. The van der Waals surface area contributed by atoms with Crippen LogP contribution in [0.25, 0.3) is 0 Å². The molecule has 16 N–H and O–H groups in total. The van der Waals surface area contributed by atoms with E-state index in [0.29, 0.717) is 32.1 Å². The Labute approximate surface area is 455 Å². The van der Waals surface area contributed by atoms with Gasteiger partial charge in [-0.2, -0.15) is 0 Å². The predicted octanol–water partition coefficient (Wildman–Crippen LogP) is -3.23. The monoisotopic (exact) mass is 1120 g/mol. The van der Waals surface area contributed by atoms with Gasteiger partial charge in [0.1, 0.15) is 97.7 Å². The van der Waals surface area contributed by atoms with Gasteiger partial charge in [-0.05, 0) is 99.7 Å². The Morgan fingerprint density at radius 1 is 0.564 bits per heavy atom. The normalized spacial score (nSPS) is 51.4. The molecule has 0 radical (unpaired) electrons. The molecule has 0 aromatic carbocycles. The van der Waals surface area contributed by atoms with Crippen LogP contribution in [-0.2, 0) is 37.9 Å². The van der Waals surface area contributed by atoms with Crippen LogP contribution < -0.4 is 0 Å². The van der Waals surface area contributed by atoms with Gasteiger partial charge in [-0.3, -0.25) is 0 Å². The second-order valence-electron chi connectivity index (χ2n) is 25.8. The maximum Gasteiger partial charge on any atom is 0.187 e. The van der Waals surface area contributed by atoms with Gasteiger partial charge >= 0.3 is 0 Å². The highest BCUT2D eigenvalue weighted by molar-refractivity contribution is 5.32. The Hall–Kier alpha value is -1.22. The Morgan fingerprint density at radius 3 is 1.58 bits per heavy atom. The van der Waals surface area contributed by atoms with Crippen molar-refractivity contribution in [3.8, 4) is 0 Å². The molecule has 4 saturated heterocycles. The third-order valence-electron chi connectivity index (χ3n) is 20.8. The lowest BCUT2D eigenvalue weighted by Gasteiger charge is -2.67. The molecule has 4 aliphatic carbocycles. The standard InChI is InChI=1S/C54H92O24/c1-22(9-13-33(51(4,5)70)76-49-45(39(65)36(62)28(20-57)73-49)78-48-42(68)38(64)35(61)27(19-56)72-48)23-15-16-52(6)30-12-10-24-25(54(30,8)31(59)17-53(23,52)7)11-14-32(50(24,2)3)75-46-43(69)40(66)44(29(21-58)74-46)77-47-41(67)37(63)34(60)26(18-55)71-47/h10,22-23,25-49,55-70H,9,11-21H2,1-8H3/t22-,23-,25?,26-,27-,28-,29-,30+,31-,32+,33-,34-,35-,36-,37+,38+,39+,40-,41-,42-,43-,44-,45-,46+,47+,48+,49+,52+,53-,54+/m1/s1. The van der Waals surface area contributed by atoms with Crippen molar-refractivity contribution in [2.45, 2.75) is 253 Å². The number of hydrogen-bond donors (Lipinski definition) is 16. The summed E-state index contributed by atoms with van der Waals surface area (Å²) in [7, 11) is 0. The van der Waals surface area contributed by atoms with E-state index in [1.807, 2.05) is 0 Å². The first-order valence-electron chi connectivity index (χ1n) is 28.0. The lowest BCUT2D eigenvalue weighted by Crippen LogP contribution is -2.66. The zero-order valence-corrected chi connectivity index (χ0v) is 46.1.